The van der Waals surface area contributed by atoms with E-state index in [0.29, 0.717) is 6.73 Å². The van der Waals surface area contributed by atoms with Crippen LogP contribution in [0.5, 0.6) is 0 Å². The highest BCUT2D eigenvalue weighted by Gasteiger charge is 2.02. The summed E-state index contributed by atoms with van der Waals surface area (Å²) in [5.41, 5.74) is 0. The van der Waals surface area contributed by atoms with Crippen molar-refractivity contribution in [2.75, 3.05) is 6.61 Å². The van der Waals surface area contributed by atoms with Crippen LogP contribution >= 0.6 is 0 Å². The second-order valence-corrected chi connectivity index (χ2v) is 4.97. The predicted molar refractivity (Wildman–Crippen MR) is 74.2 cm³/mol. The average Bonchev–Trinajstić information content (AvgIpc) is 2.82. The van der Waals surface area contributed by atoms with Crippen LogP contribution in [0.4, 0.5) is 0 Å². The van der Waals surface area contributed by atoms with Crippen molar-refractivity contribution in [1.29, 1.82) is 0 Å². The van der Waals surface area contributed by atoms with Crippen LogP contribution in [0.1, 0.15) is 58.8 Å². The van der Waals surface area contributed by atoms with Crippen molar-refractivity contribution in [2.45, 2.75) is 72.1 Å². The predicted octanol–water partition coefficient (Wildman–Crippen LogP) is 3.52. The Morgan fingerprint density at radius 1 is 1.00 bits per heavy atom. The van der Waals surface area contributed by atoms with E-state index in [1.54, 1.807) is 0 Å². The van der Waals surface area contributed by atoms with Crippen molar-refractivity contribution in [3.63, 3.8) is 0 Å². The van der Waals surface area contributed by atoms with Crippen LogP contribution in [-0.2, 0) is 18.0 Å². The molecule has 0 spiro atoms. The largest absolute Gasteiger partial charge is 0.342 e. The van der Waals surface area contributed by atoms with Gasteiger partial charge in [-0.05, 0) is 19.3 Å². The fourth-order valence-electron chi connectivity index (χ4n) is 1.99. The van der Waals surface area contributed by atoms with Gasteiger partial charge in [-0.25, -0.2) is 9.13 Å². The van der Waals surface area contributed by atoms with E-state index in [2.05, 4.69) is 41.7 Å². The van der Waals surface area contributed by atoms with Crippen LogP contribution in [0.3, 0.4) is 0 Å². The van der Waals surface area contributed by atoms with Gasteiger partial charge in [0.25, 0.3) is 0 Å². The highest BCUT2D eigenvalue weighted by Crippen LogP contribution is 2.01. The molecule has 0 fully saturated rings. The quantitative estimate of drug-likeness (QED) is 0.436. The van der Waals surface area contributed by atoms with Crippen LogP contribution in [0, 0.1) is 0 Å². The maximum atomic E-state index is 5.63. The zero-order valence-corrected chi connectivity index (χ0v) is 12.1. The minimum atomic E-state index is 0.686. The van der Waals surface area contributed by atoms with Crippen molar-refractivity contribution >= 4 is 0 Å². The van der Waals surface area contributed by atoms with Crippen molar-refractivity contribution in [3.8, 4) is 0 Å². The molecule has 3 heteroatoms. The summed E-state index contributed by atoms with van der Waals surface area (Å²) in [5.74, 6) is 0. The van der Waals surface area contributed by atoms with Crippen molar-refractivity contribution in [1.82, 2.24) is 4.57 Å². The molecule has 18 heavy (non-hydrogen) atoms. The van der Waals surface area contributed by atoms with Gasteiger partial charge in [0.1, 0.15) is 12.4 Å². The Kier molecular flexibility index (Phi) is 8.57. The molecule has 0 aliphatic carbocycles. The maximum absolute atomic E-state index is 5.63. The first-order valence-corrected chi connectivity index (χ1v) is 7.49. The molecular formula is C15H29N2O+. The van der Waals surface area contributed by atoms with Crippen molar-refractivity contribution in [2.24, 2.45) is 0 Å². The molecule has 0 bridgehead atoms. The van der Waals surface area contributed by atoms with Crippen LogP contribution < -0.4 is 4.57 Å². The van der Waals surface area contributed by atoms with Gasteiger partial charge in [0.2, 0.25) is 6.33 Å². The summed E-state index contributed by atoms with van der Waals surface area (Å²) in [6.07, 6.45) is 15.3. The lowest BCUT2D eigenvalue weighted by Gasteiger charge is -2.00. The Morgan fingerprint density at radius 3 is 2.56 bits per heavy atom. The minimum absolute atomic E-state index is 0.686. The summed E-state index contributed by atoms with van der Waals surface area (Å²) < 4.78 is 10.00. The molecule has 0 saturated heterocycles. The van der Waals surface area contributed by atoms with Crippen LogP contribution in [0.2, 0.25) is 0 Å². The zero-order chi connectivity index (χ0) is 13.1. The van der Waals surface area contributed by atoms with Crippen molar-refractivity contribution < 1.29 is 9.30 Å². The second kappa shape index (κ2) is 10.1. The molecule has 1 heterocycles. The van der Waals surface area contributed by atoms with Gasteiger partial charge in [-0.1, -0.05) is 39.5 Å². The van der Waals surface area contributed by atoms with E-state index in [4.69, 9.17) is 4.74 Å². The molecule has 0 saturated carbocycles. The topological polar surface area (TPSA) is 18.0 Å². The number of unbranched alkanes of at least 4 members (excludes halogenated alkanes) is 5. The lowest BCUT2D eigenvalue weighted by atomic mass is 10.2. The van der Waals surface area contributed by atoms with Gasteiger partial charge in [-0.15, -0.1) is 0 Å². The average molecular weight is 253 g/mol. The van der Waals surface area contributed by atoms with Crippen LogP contribution in [0.25, 0.3) is 0 Å². The molecule has 0 aliphatic rings. The number of aromatic nitrogens is 2. The van der Waals surface area contributed by atoms with Crippen molar-refractivity contribution in [3.05, 3.63) is 18.7 Å². The van der Waals surface area contributed by atoms with Gasteiger partial charge < -0.3 is 4.74 Å². The number of rotatable bonds is 11. The van der Waals surface area contributed by atoms with Gasteiger partial charge >= 0.3 is 0 Å². The Balaban J connectivity index is 2.10. The molecule has 0 radical (unpaired) electrons. The van der Waals surface area contributed by atoms with E-state index < -0.39 is 0 Å². The number of hydrogen-bond acceptors (Lipinski definition) is 1. The number of aryl methyl sites for hydroxylation is 1. The zero-order valence-electron chi connectivity index (χ0n) is 12.1. The molecule has 0 amide bonds. The standard InChI is InChI=1S/C15H29N2O/c1-3-5-7-8-10-16-11-12-17(14-16)15-18-13-9-6-4-2/h11-12,14H,3-10,13,15H2,1-2H3/q+1. The Morgan fingerprint density at radius 2 is 1.78 bits per heavy atom. The summed E-state index contributed by atoms with van der Waals surface area (Å²) in [7, 11) is 0. The van der Waals surface area contributed by atoms with E-state index in [1.165, 1.54) is 44.9 Å². The van der Waals surface area contributed by atoms with Gasteiger partial charge in [0, 0.05) is 0 Å². The highest BCUT2D eigenvalue weighted by atomic mass is 16.5. The first kappa shape index (κ1) is 15.2. The molecule has 0 N–H and O–H groups in total. The molecule has 3 nitrogen and oxygen atoms in total. The van der Waals surface area contributed by atoms with Gasteiger partial charge in [-0.3, -0.25) is 0 Å². The van der Waals surface area contributed by atoms with Crippen LogP contribution in [0.15, 0.2) is 18.7 Å². The normalized spacial score (nSPS) is 11.0. The van der Waals surface area contributed by atoms with E-state index in [-0.39, 0.29) is 0 Å². The lowest BCUT2D eigenvalue weighted by Crippen LogP contribution is -2.32. The molecule has 104 valence electrons. The second-order valence-electron chi connectivity index (χ2n) is 4.97. The molecule has 0 aliphatic heterocycles. The molecule has 0 atom stereocenters. The number of imidazole rings is 1. The first-order valence-electron chi connectivity index (χ1n) is 7.49. The summed E-state index contributed by atoms with van der Waals surface area (Å²) in [5, 5.41) is 0. The third-order valence-corrected chi connectivity index (χ3v) is 3.15. The first-order chi connectivity index (χ1) is 8.86. The Bertz CT molecular complexity index is 296. The van der Waals surface area contributed by atoms with Gasteiger partial charge in [0.05, 0.1) is 13.2 Å². The summed E-state index contributed by atoms with van der Waals surface area (Å²) in [6.45, 7) is 7.16. The molecule has 1 rings (SSSR count). The fourth-order valence-corrected chi connectivity index (χ4v) is 1.99. The SMILES string of the molecule is CCCCCCn1cc[n+](COCCCCC)c1. The van der Waals surface area contributed by atoms with E-state index in [0.717, 1.165) is 13.2 Å². The van der Waals surface area contributed by atoms with E-state index >= 15 is 0 Å². The molecular weight excluding hydrogens is 224 g/mol. The van der Waals surface area contributed by atoms with E-state index in [9.17, 15) is 0 Å². The Hall–Kier alpha value is -0.830. The lowest BCUT2D eigenvalue weighted by molar-refractivity contribution is -0.732. The van der Waals surface area contributed by atoms with Gasteiger partial charge in [-0.2, -0.15) is 0 Å². The smallest absolute Gasteiger partial charge is 0.245 e. The van der Waals surface area contributed by atoms with Gasteiger partial charge in [0.15, 0.2) is 6.73 Å². The third-order valence-electron chi connectivity index (χ3n) is 3.15. The third kappa shape index (κ3) is 6.80. The summed E-state index contributed by atoms with van der Waals surface area (Å²) in [6, 6.07) is 0. The molecule has 1 aromatic heterocycles. The fraction of sp³-hybridized carbons (Fsp3) is 0.800. The van der Waals surface area contributed by atoms with E-state index in [1.807, 2.05) is 0 Å². The Labute approximate surface area is 112 Å². The highest BCUT2D eigenvalue weighted by molar-refractivity contribution is 4.65. The molecule has 1 aromatic rings. The molecule has 0 unspecified atom stereocenters. The monoisotopic (exact) mass is 253 g/mol. The summed E-state index contributed by atoms with van der Waals surface area (Å²) in [4.78, 5) is 0. The summed E-state index contributed by atoms with van der Waals surface area (Å²) >= 11 is 0. The minimum Gasteiger partial charge on any atom is -0.342 e. The van der Waals surface area contributed by atoms with Crippen LogP contribution in [-0.4, -0.2) is 11.2 Å². The number of hydrogen-bond donors (Lipinski definition) is 0. The molecule has 0 aromatic carbocycles. The number of ether oxygens (including phenoxy) is 1. The maximum Gasteiger partial charge on any atom is 0.245 e. The number of nitrogens with zero attached hydrogens (tertiary/aromatic N) is 2.